The number of nitrogens with two attached hydrogens (primary N) is 1. The fourth-order valence-corrected chi connectivity index (χ4v) is 5.15. The Kier molecular flexibility index (Phi) is 6.89. The number of carbonyl (C=O) groups excluding carboxylic acids is 1. The molecule has 7 nitrogen and oxygen atoms in total. The topological polar surface area (TPSA) is 89.7 Å². The minimum absolute atomic E-state index is 0.0779. The normalized spacial score (nSPS) is 16.5. The number of aromatic nitrogens is 1. The Balaban J connectivity index is 1.48. The molecule has 8 heteroatoms. The molecular weight excluding hydrogens is 459 g/mol. The summed E-state index contributed by atoms with van der Waals surface area (Å²) in [5.74, 6) is 0.187. The van der Waals surface area contributed by atoms with Gasteiger partial charge in [-0.1, -0.05) is 18.2 Å². The van der Waals surface area contributed by atoms with Crippen molar-refractivity contribution in [1.82, 2.24) is 15.2 Å². The van der Waals surface area contributed by atoms with Gasteiger partial charge < -0.3 is 20.5 Å². The van der Waals surface area contributed by atoms with Crippen LogP contribution in [0.1, 0.15) is 34.3 Å². The Hall–Kier alpha value is -3.49. The van der Waals surface area contributed by atoms with E-state index in [9.17, 15) is 4.79 Å². The van der Waals surface area contributed by atoms with E-state index in [0.717, 1.165) is 54.8 Å². The highest BCUT2D eigenvalue weighted by atomic mass is 19.1. The number of benzene rings is 2. The van der Waals surface area contributed by atoms with Crippen LogP contribution in [0.4, 0.5) is 10.2 Å². The van der Waals surface area contributed by atoms with Gasteiger partial charge in [-0.2, -0.15) is 4.39 Å². The largest absolute Gasteiger partial charge is 0.496 e. The van der Waals surface area contributed by atoms with Crippen LogP contribution in [0.3, 0.4) is 0 Å². The van der Waals surface area contributed by atoms with Gasteiger partial charge in [0.15, 0.2) is 0 Å². The number of anilines is 1. The summed E-state index contributed by atoms with van der Waals surface area (Å²) in [5.41, 5.74) is 11.3. The molecule has 0 unspecified atom stereocenters. The lowest BCUT2D eigenvalue weighted by atomic mass is 9.93. The molecule has 0 bridgehead atoms. The molecule has 3 N–H and O–H groups in total. The number of rotatable bonds is 6. The highest BCUT2D eigenvalue weighted by Crippen LogP contribution is 2.35. The number of nitrogen functional groups attached to an aromatic ring is 1. The smallest absolute Gasteiger partial charge is 0.251 e. The number of carbonyl (C=O) groups is 1. The number of ether oxygens (including phenoxy) is 2. The first-order chi connectivity index (χ1) is 17.5. The van der Waals surface area contributed by atoms with Crippen molar-refractivity contribution in [2.45, 2.75) is 31.9 Å². The van der Waals surface area contributed by atoms with Gasteiger partial charge in [-0.25, -0.2) is 4.98 Å². The lowest BCUT2D eigenvalue weighted by Crippen LogP contribution is -2.36. The Morgan fingerprint density at radius 3 is 2.56 bits per heavy atom. The van der Waals surface area contributed by atoms with Gasteiger partial charge in [0.25, 0.3) is 5.91 Å². The molecule has 0 spiro atoms. The van der Waals surface area contributed by atoms with Crippen molar-refractivity contribution in [3.63, 3.8) is 0 Å². The molecule has 1 amide bonds. The fourth-order valence-electron chi connectivity index (χ4n) is 5.15. The summed E-state index contributed by atoms with van der Waals surface area (Å²) in [6.45, 7) is 3.17. The quantitative estimate of drug-likeness (QED) is 0.507. The van der Waals surface area contributed by atoms with E-state index in [2.05, 4.69) is 15.2 Å². The summed E-state index contributed by atoms with van der Waals surface area (Å²) >= 11 is 0. The molecule has 1 aromatic heterocycles. The Morgan fingerprint density at radius 1 is 1.06 bits per heavy atom. The fraction of sp³-hybridized carbons (Fsp3) is 0.357. The van der Waals surface area contributed by atoms with E-state index in [-0.39, 0.29) is 11.7 Å². The van der Waals surface area contributed by atoms with Crippen LogP contribution in [0.2, 0.25) is 0 Å². The molecule has 2 aromatic carbocycles. The third-order valence-electron chi connectivity index (χ3n) is 7.20. The lowest BCUT2D eigenvalue weighted by Gasteiger charge is -2.31. The number of methoxy groups -OCH3 is 2. The summed E-state index contributed by atoms with van der Waals surface area (Å²) in [5, 5.41) is 2.85. The van der Waals surface area contributed by atoms with Crippen LogP contribution >= 0.6 is 0 Å². The zero-order chi connectivity index (χ0) is 25.2. The van der Waals surface area contributed by atoms with E-state index in [1.54, 1.807) is 26.4 Å². The average Bonchev–Trinajstić information content (AvgIpc) is 2.89. The van der Waals surface area contributed by atoms with Gasteiger partial charge in [0.1, 0.15) is 11.6 Å². The highest BCUT2D eigenvalue weighted by molar-refractivity contribution is 5.97. The van der Waals surface area contributed by atoms with Gasteiger partial charge in [0.2, 0.25) is 5.95 Å². The lowest BCUT2D eigenvalue weighted by molar-refractivity contribution is 0.0387. The number of fused-ring (bicyclic) bond motifs is 1. The monoisotopic (exact) mass is 490 g/mol. The van der Waals surface area contributed by atoms with Crippen LogP contribution in [0.25, 0.3) is 22.3 Å². The molecular formula is C28H31FN4O3. The van der Waals surface area contributed by atoms with Crippen LogP contribution in [0, 0.1) is 5.95 Å². The van der Waals surface area contributed by atoms with E-state index >= 15 is 4.39 Å². The summed E-state index contributed by atoms with van der Waals surface area (Å²) in [6.07, 6.45) is 3.02. The van der Waals surface area contributed by atoms with Gasteiger partial charge in [-0.3, -0.25) is 9.69 Å². The number of hydrogen-bond donors (Lipinski definition) is 2. The molecule has 0 atom stereocenters. The van der Waals surface area contributed by atoms with Crippen molar-refractivity contribution in [1.29, 1.82) is 0 Å². The summed E-state index contributed by atoms with van der Waals surface area (Å²) in [4.78, 5) is 18.5. The minimum atomic E-state index is -0.620. The Bertz CT molecular complexity index is 1290. The number of halogens is 1. The van der Waals surface area contributed by atoms with Crippen molar-refractivity contribution in [2.75, 3.05) is 39.6 Å². The molecule has 1 fully saturated rings. The van der Waals surface area contributed by atoms with Gasteiger partial charge in [0.05, 0.1) is 13.2 Å². The second-order valence-electron chi connectivity index (χ2n) is 9.38. The van der Waals surface area contributed by atoms with E-state index in [1.807, 2.05) is 30.3 Å². The molecule has 3 heterocycles. The number of piperidine rings is 1. The molecule has 0 saturated carbocycles. The summed E-state index contributed by atoms with van der Waals surface area (Å²) in [6, 6.07) is 13.0. The first kappa shape index (κ1) is 24.2. The SMILES string of the molecule is COc1ccc(-c2cc(-c3ccc4c(c3)CCNC4=O)c(N)nc2F)cc1CN1CCC(OC)CC1. The molecule has 0 radical (unpaired) electrons. The van der Waals surface area contributed by atoms with E-state index in [0.29, 0.717) is 41.4 Å². The molecule has 36 heavy (non-hydrogen) atoms. The van der Waals surface area contributed by atoms with Crippen LogP contribution in [-0.4, -0.2) is 55.7 Å². The molecule has 3 aromatic rings. The maximum absolute atomic E-state index is 15.1. The molecule has 2 aliphatic heterocycles. The Morgan fingerprint density at radius 2 is 1.81 bits per heavy atom. The second kappa shape index (κ2) is 10.2. The molecule has 188 valence electrons. The van der Waals surface area contributed by atoms with E-state index in [1.165, 1.54) is 0 Å². The van der Waals surface area contributed by atoms with Gasteiger partial charge in [-0.05, 0) is 60.2 Å². The van der Waals surface area contributed by atoms with Crippen molar-refractivity contribution in [3.05, 3.63) is 65.1 Å². The zero-order valence-electron chi connectivity index (χ0n) is 20.6. The van der Waals surface area contributed by atoms with Gasteiger partial charge in [-0.15, -0.1) is 0 Å². The maximum Gasteiger partial charge on any atom is 0.251 e. The first-order valence-electron chi connectivity index (χ1n) is 12.3. The predicted molar refractivity (Wildman–Crippen MR) is 137 cm³/mol. The highest BCUT2D eigenvalue weighted by Gasteiger charge is 2.22. The minimum Gasteiger partial charge on any atom is -0.496 e. The van der Waals surface area contributed by atoms with Gasteiger partial charge in [0, 0.05) is 55.5 Å². The Labute approximate surface area is 210 Å². The third kappa shape index (κ3) is 4.79. The predicted octanol–water partition coefficient (Wildman–Crippen LogP) is 4.04. The van der Waals surface area contributed by atoms with Crippen molar-refractivity contribution in [2.24, 2.45) is 0 Å². The maximum atomic E-state index is 15.1. The summed E-state index contributed by atoms with van der Waals surface area (Å²) in [7, 11) is 3.41. The van der Waals surface area contributed by atoms with E-state index < -0.39 is 5.95 Å². The number of hydrogen-bond acceptors (Lipinski definition) is 6. The van der Waals surface area contributed by atoms with Gasteiger partial charge >= 0.3 is 0 Å². The number of nitrogens with one attached hydrogen (secondary N) is 1. The molecule has 2 aliphatic rings. The zero-order valence-corrected chi connectivity index (χ0v) is 20.6. The third-order valence-corrected chi connectivity index (χ3v) is 7.20. The van der Waals surface area contributed by atoms with E-state index in [4.69, 9.17) is 15.2 Å². The summed E-state index contributed by atoms with van der Waals surface area (Å²) < 4.78 is 26.2. The standard InChI is InChI=1S/C28H31FN4O3/c1-35-21-8-11-33(12-9-21)16-20-14-17(4-6-25(20)36-2)23-15-24(27(30)32-26(23)29)18-3-5-22-19(13-18)7-10-31-28(22)34/h3-6,13-15,21H,7-12,16H2,1-2H3,(H2,30,32)(H,31,34). The second-order valence-corrected chi connectivity index (χ2v) is 9.38. The number of amides is 1. The number of nitrogens with zero attached hydrogens (tertiary/aromatic N) is 2. The van der Waals surface area contributed by atoms with Crippen molar-refractivity contribution >= 4 is 11.7 Å². The van der Waals surface area contributed by atoms with Crippen molar-refractivity contribution < 1.29 is 18.7 Å². The van der Waals surface area contributed by atoms with Crippen molar-refractivity contribution in [3.8, 4) is 28.0 Å². The molecule has 5 rings (SSSR count). The van der Waals surface area contributed by atoms with Crippen LogP contribution in [0.15, 0.2) is 42.5 Å². The molecule has 0 aliphatic carbocycles. The average molecular weight is 491 g/mol. The van der Waals surface area contributed by atoms with Crippen LogP contribution in [0.5, 0.6) is 5.75 Å². The number of likely N-dealkylation sites (tertiary alicyclic amines) is 1. The molecule has 1 saturated heterocycles. The van der Waals surface area contributed by atoms with Crippen LogP contribution < -0.4 is 15.8 Å². The van der Waals surface area contributed by atoms with Crippen LogP contribution in [-0.2, 0) is 17.7 Å². The first-order valence-corrected chi connectivity index (χ1v) is 12.3. The number of pyridine rings is 1.